The van der Waals surface area contributed by atoms with E-state index < -0.39 is 15.6 Å². The molecular formula is C17H23N5O3S. The van der Waals surface area contributed by atoms with Gasteiger partial charge in [-0.2, -0.15) is 4.31 Å². The standard InChI is InChI=1S/C17H23N5O3S/c23-26(24,16-2-1-5-18-11-16)22-8-9-25-17(13-22)3-6-21(7-4-17)12-15-10-19-14-20-15/h1-2,5,10-11,14H,3-4,6-9,12-13H2,(H,19,20). The van der Waals surface area contributed by atoms with E-state index in [2.05, 4.69) is 19.9 Å². The molecule has 0 radical (unpaired) electrons. The zero-order valence-corrected chi connectivity index (χ0v) is 15.4. The molecule has 0 unspecified atom stereocenters. The molecule has 26 heavy (non-hydrogen) atoms. The highest BCUT2D eigenvalue weighted by molar-refractivity contribution is 7.89. The van der Waals surface area contributed by atoms with Crippen molar-refractivity contribution in [2.75, 3.05) is 32.8 Å². The van der Waals surface area contributed by atoms with Gasteiger partial charge in [-0.25, -0.2) is 13.4 Å². The fourth-order valence-electron chi connectivity index (χ4n) is 3.70. The second-order valence-electron chi connectivity index (χ2n) is 6.91. The molecule has 9 heteroatoms. The maximum Gasteiger partial charge on any atom is 0.244 e. The van der Waals surface area contributed by atoms with Gasteiger partial charge in [0.25, 0.3) is 0 Å². The van der Waals surface area contributed by atoms with Gasteiger partial charge in [0.2, 0.25) is 10.0 Å². The quantitative estimate of drug-likeness (QED) is 0.850. The van der Waals surface area contributed by atoms with Gasteiger partial charge in [-0.3, -0.25) is 9.88 Å². The lowest BCUT2D eigenvalue weighted by Gasteiger charge is -2.46. The molecule has 2 aliphatic heterocycles. The molecule has 0 bridgehead atoms. The number of piperidine rings is 1. The monoisotopic (exact) mass is 377 g/mol. The Hall–Kier alpha value is -1.81. The van der Waals surface area contributed by atoms with Gasteiger partial charge in [0.1, 0.15) is 4.90 Å². The summed E-state index contributed by atoms with van der Waals surface area (Å²) in [5.41, 5.74) is 0.698. The van der Waals surface area contributed by atoms with E-state index in [1.165, 1.54) is 6.20 Å². The van der Waals surface area contributed by atoms with Crippen molar-refractivity contribution in [1.29, 1.82) is 0 Å². The SMILES string of the molecule is O=S(=O)(c1cccnc1)N1CCOC2(CCN(Cc3cnc[nH]3)CC2)C1. The molecular weight excluding hydrogens is 354 g/mol. The Morgan fingerprint density at radius 3 is 2.73 bits per heavy atom. The molecule has 2 fully saturated rings. The Bertz CT molecular complexity index is 817. The van der Waals surface area contributed by atoms with Crippen LogP contribution in [-0.4, -0.2) is 71.0 Å². The number of imidazole rings is 1. The second-order valence-corrected chi connectivity index (χ2v) is 8.85. The van der Waals surface area contributed by atoms with Crippen LogP contribution in [-0.2, 0) is 21.3 Å². The lowest BCUT2D eigenvalue weighted by Crippen LogP contribution is -2.57. The third-order valence-electron chi connectivity index (χ3n) is 5.20. The summed E-state index contributed by atoms with van der Waals surface area (Å²) < 4.78 is 33.4. The van der Waals surface area contributed by atoms with E-state index in [4.69, 9.17) is 4.74 Å². The largest absolute Gasteiger partial charge is 0.372 e. The minimum absolute atomic E-state index is 0.244. The highest BCUT2D eigenvalue weighted by atomic mass is 32.2. The van der Waals surface area contributed by atoms with Crippen LogP contribution in [0.2, 0.25) is 0 Å². The molecule has 1 spiro atoms. The summed E-state index contributed by atoms with van der Waals surface area (Å²) in [6, 6.07) is 3.24. The number of aromatic nitrogens is 3. The maximum absolute atomic E-state index is 12.9. The molecule has 0 amide bonds. The van der Waals surface area contributed by atoms with E-state index in [0.29, 0.717) is 19.7 Å². The van der Waals surface area contributed by atoms with Crippen LogP contribution in [0.15, 0.2) is 41.9 Å². The number of morpholine rings is 1. The molecule has 4 heterocycles. The van der Waals surface area contributed by atoms with Crippen molar-refractivity contribution >= 4 is 10.0 Å². The van der Waals surface area contributed by atoms with Crippen molar-refractivity contribution < 1.29 is 13.2 Å². The van der Waals surface area contributed by atoms with Crippen molar-refractivity contribution in [3.63, 3.8) is 0 Å². The molecule has 4 rings (SSSR count). The van der Waals surface area contributed by atoms with Crippen molar-refractivity contribution in [3.8, 4) is 0 Å². The van der Waals surface area contributed by atoms with Crippen molar-refractivity contribution in [1.82, 2.24) is 24.2 Å². The van der Waals surface area contributed by atoms with Crippen LogP contribution in [0.25, 0.3) is 0 Å². The van der Waals surface area contributed by atoms with Crippen LogP contribution in [0.1, 0.15) is 18.5 Å². The Balaban J connectivity index is 1.42. The molecule has 1 N–H and O–H groups in total. The maximum atomic E-state index is 12.9. The molecule has 2 aliphatic rings. The zero-order chi connectivity index (χ0) is 18.0. The average molecular weight is 377 g/mol. The van der Waals surface area contributed by atoms with Crippen LogP contribution >= 0.6 is 0 Å². The third-order valence-corrected chi connectivity index (χ3v) is 7.03. The van der Waals surface area contributed by atoms with Crippen molar-refractivity contribution in [2.24, 2.45) is 0 Å². The highest BCUT2D eigenvalue weighted by Crippen LogP contribution is 2.32. The summed E-state index contributed by atoms with van der Waals surface area (Å²) in [7, 11) is -3.53. The normalized spacial score (nSPS) is 21.8. The zero-order valence-electron chi connectivity index (χ0n) is 14.5. The summed E-state index contributed by atoms with van der Waals surface area (Å²) in [4.78, 5) is 13.7. The Labute approximate surface area is 153 Å². The van der Waals surface area contributed by atoms with Crippen LogP contribution in [0, 0.1) is 0 Å². The second kappa shape index (κ2) is 7.07. The number of nitrogens with one attached hydrogen (secondary N) is 1. The van der Waals surface area contributed by atoms with E-state index in [1.54, 1.807) is 29.0 Å². The van der Waals surface area contributed by atoms with Gasteiger partial charge in [-0.15, -0.1) is 0 Å². The fraction of sp³-hybridized carbons (Fsp3) is 0.529. The Morgan fingerprint density at radius 2 is 2.04 bits per heavy atom. The van der Waals surface area contributed by atoms with Gasteiger partial charge in [0.05, 0.1) is 18.5 Å². The number of hydrogen-bond acceptors (Lipinski definition) is 6. The molecule has 8 nitrogen and oxygen atoms in total. The van der Waals surface area contributed by atoms with Crippen LogP contribution in [0.3, 0.4) is 0 Å². The summed E-state index contributed by atoms with van der Waals surface area (Å²) in [6.45, 7) is 3.80. The third kappa shape index (κ3) is 3.52. The minimum atomic E-state index is -3.53. The van der Waals surface area contributed by atoms with Gasteiger partial charge in [0.15, 0.2) is 0 Å². The van der Waals surface area contributed by atoms with E-state index in [0.717, 1.165) is 38.2 Å². The lowest BCUT2D eigenvalue weighted by molar-refractivity contribution is -0.120. The highest BCUT2D eigenvalue weighted by Gasteiger charge is 2.43. The first kappa shape index (κ1) is 17.6. The first-order valence-electron chi connectivity index (χ1n) is 8.81. The summed E-state index contributed by atoms with van der Waals surface area (Å²) >= 11 is 0. The number of ether oxygens (including phenoxy) is 1. The van der Waals surface area contributed by atoms with Crippen LogP contribution < -0.4 is 0 Å². The fourth-order valence-corrected chi connectivity index (χ4v) is 5.16. The number of likely N-dealkylation sites (tertiary alicyclic amines) is 1. The van der Waals surface area contributed by atoms with Gasteiger partial charge >= 0.3 is 0 Å². The van der Waals surface area contributed by atoms with Gasteiger partial charge in [-0.05, 0) is 25.0 Å². The first-order chi connectivity index (χ1) is 12.6. The number of rotatable bonds is 4. The number of pyridine rings is 1. The summed E-state index contributed by atoms with van der Waals surface area (Å²) in [6.07, 6.45) is 8.15. The van der Waals surface area contributed by atoms with Gasteiger partial charge in [-0.1, -0.05) is 0 Å². The smallest absolute Gasteiger partial charge is 0.244 e. The molecule has 140 valence electrons. The molecule has 0 saturated carbocycles. The number of aromatic amines is 1. The number of nitrogens with zero attached hydrogens (tertiary/aromatic N) is 4. The predicted molar refractivity (Wildman–Crippen MR) is 94.8 cm³/mol. The van der Waals surface area contributed by atoms with Gasteiger partial charge in [0, 0.05) is 57.0 Å². The topological polar surface area (TPSA) is 91.4 Å². The predicted octanol–water partition coefficient (Wildman–Crippen LogP) is 0.860. The van der Waals surface area contributed by atoms with E-state index >= 15 is 0 Å². The number of hydrogen-bond donors (Lipinski definition) is 1. The molecule has 2 saturated heterocycles. The molecule has 2 aromatic rings. The summed E-state index contributed by atoms with van der Waals surface area (Å²) in [5.74, 6) is 0. The first-order valence-corrected chi connectivity index (χ1v) is 10.3. The number of H-pyrrole nitrogens is 1. The molecule has 2 aromatic heterocycles. The number of sulfonamides is 1. The molecule has 0 aliphatic carbocycles. The van der Waals surface area contributed by atoms with Crippen molar-refractivity contribution in [2.45, 2.75) is 29.9 Å². The molecule has 0 atom stereocenters. The van der Waals surface area contributed by atoms with E-state index in [9.17, 15) is 8.42 Å². The Morgan fingerprint density at radius 1 is 1.19 bits per heavy atom. The Kier molecular flexibility index (Phi) is 4.78. The molecule has 0 aromatic carbocycles. The average Bonchev–Trinajstić information content (AvgIpc) is 3.18. The van der Waals surface area contributed by atoms with Gasteiger partial charge < -0.3 is 9.72 Å². The van der Waals surface area contributed by atoms with Crippen molar-refractivity contribution in [3.05, 3.63) is 42.7 Å². The van der Waals surface area contributed by atoms with Crippen LogP contribution in [0.4, 0.5) is 0 Å². The minimum Gasteiger partial charge on any atom is -0.372 e. The summed E-state index contributed by atoms with van der Waals surface area (Å²) in [5, 5.41) is 0. The van der Waals surface area contributed by atoms with E-state index in [1.807, 2.05) is 6.20 Å². The van der Waals surface area contributed by atoms with Crippen LogP contribution in [0.5, 0.6) is 0 Å². The lowest BCUT2D eigenvalue weighted by atomic mass is 9.90. The van der Waals surface area contributed by atoms with E-state index in [-0.39, 0.29) is 4.90 Å².